The molecule has 0 aromatic heterocycles. The molecule has 0 radical (unpaired) electrons. The van der Waals surface area contributed by atoms with Crippen LogP contribution in [0.25, 0.3) is 0 Å². The number of benzene rings is 1. The van der Waals surface area contributed by atoms with Crippen LogP contribution in [0.3, 0.4) is 0 Å². The van der Waals surface area contributed by atoms with Gasteiger partial charge in [-0.25, -0.2) is 0 Å². The van der Waals surface area contributed by atoms with Gasteiger partial charge in [0.25, 0.3) is 0 Å². The predicted octanol–water partition coefficient (Wildman–Crippen LogP) is 2.44. The van der Waals surface area contributed by atoms with Gasteiger partial charge in [-0.15, -0.1) is 0 Å². The lowest BCUT2D eigenvalue weighted by Crippen LogP contribution is -2.48. The van der Waals surface area contributed by atoms with Gasteiger partial charge in [0.1, 0.15) is 0 Å². The van der Waals surface area contributed by atoms with E-state index in [0.717, 1.165) is 16.6 Å². The Morgan fingerprint density at radius 3 is 2.96 bits per heavy atom. The predicted molar refractivity (Wildman–Crippen MR) is 91.2 cm³/mol. The van der Waals surface area contributed by atoms with Gasteiger partial charge in [0.2, 0.25) is 11.8 Å². The molecule has 2 aliphatic rings. The van der Waals surface area contributed by atoms with Gasteiger partial charge in [-0.2, -0.15) is 0 Å². The summed E-state index contributed by atoms with van der Waals surface area (Å²) in [5, 5.41) is 0. The van der Waals surface area contributed by atoms with Crippen LogP contribution in [0, 0.1) is 5.92 Å². The molecule has 0 bridgehead atoms. The van der Waals surface area contributed by atoms with Crippen LogP contribution >= 0.6 is 15.9 Å². The van der Waals surface area contributed by atoms with E-state index in [2.05, 4.69) is 22.9 Å². The van der Waals surface area contributed by atoms with Crippen LogP contribution < -0.4 is 4.90 Å². The second kappa shape index (κ2) is 7.01. The number of nitrogens with zero attached hydrogens (tertiary/aromatic N) is 2. The Morgan fingerprint density at radius 1 is 1.39 bits per heavy atom. The average Bonchev–Trinajstić information content (AvgIpc) is 2.96. The maximum atomic E-state index is 12.7. The normalized spacial score (nSPS) is 25.0. The zero-order valence-electron chi connectivity index (χ0n) is 13.2. The molecule has 2 aliphatic heterocycles. The number of hydrogen-bond acceptors (Lipinski definition) is 3. The van der Waals surface area contributed by atoms with Crippen molar-refractivity contribution in [2.75, 3.05) is 31.1 Å². The van der Waals surface area contributed by atoms with E-state index >= 15 is 0 Å². The van der Waals surface area contributed by atoms with Crippen LogP contribution in [0.1, 0.15) is 19.8 Å². The third-order valence-electron chi connectivity index (χ3n) is 4.50. The summed E-state index contributed by atoms with van der Waals surface area (Å²) in [6, 6.07) is 7.63. The van der Waals surface area contributed by atoms with Gasteiger partial charge in [-0.1, -0.05) is 28.9 Å². The summed E-state index contributed by atoms with van der Waals surface area (Å²) in [6.45, 7) is 4.36. The Labute approximate surface area is 144 Å². The average molecular weight is 381 g/mol. The molecule has 5 nitrogen and oxygen atoms in total. The van der Waals surface area contributed by atoms with Crippen molar-refractivity contribution in [1.82, 2.24) is 4.90 Å². The van der Waals surface area contributed by atoms with Gasteiger partial charge in [0.05, 0.1) is 18.6 Å². The summed E-state index contributed by atoms with van der Waals surface area (Å²) in [6.07, 6.45) is 1.31. The topological polar surface area (TPSA) is 49.9 Å². The molecule has 2 atom stereocenters. The van der Waals surface area contributed by atoms with Gasteiger partial charge >= 0.3 is 0 Å². The van der Waals surface area contributed by atoms with Crippen molar-refractivity contribution >= 4 is 33.4 Å². The Morgan fingerprint density at radius 2 is 2.22 bits per heavy atom. The minimum absolute atomic E-state index is 0.0155. The second-order valence-corrected chi connectivity index (χ2v) is 6.99. The third-order valence-corrected chi connectivity index (χ3v) is 4.99. The minimum Gasteiger partial charge on any atom is -0.375 e. The molecular weight excluding hydrogens is 360 g/mol. The Balaban J connectivity index is 1.68. The molecule has 1 aromatic rings. The molecule has 1 aromatic carbocycles. The number of halogens is 1. The maximum Gasteiger partial charge on any atom is 0.228 e. The molecule has 6 heteroatoms. The van der Waals surface area contributed by atoms with Gasteiger partial charge in [0, 0.05) is 36.2 Å². The molecule has 2 amide bonds. The Kier molecular flexibility index (Phi) is 5.02. The molecule has 124 valence electrons. The van der Waals surface area contributed by atoms with Gasteiger partial charge in [0.15, 0.2) is 0 Å². The van der Waals surface area contributed by atoms with Crippen LogP contribution in [0.2, 0.25) is 0 Å². The number of ether oxygens (including phenoxy) is 1. The number of morpholine rings is 1. The molecule has 3 rings (SSSR count). The lowest BCUT2D eigenvalue weighted by atomic mass is 10.1. The number of carbonyl (C=O) groups is 2. The summed E-state index contributed by atoms with van der Waals surface area (Å²) >= 11 is 3.42. The highest BCUT2D eigenvalue weighted by molar-refractivity contribution is 9.10. The van der Waals surface area contributed by atoms with Crippen molar-refractivity contribution in [1.29, 1.82) is 0 Å². The molecule has 2 unspecified atom stereocenters. The highest BCUT2D eigenvalue weighted by atomic mass is 79.9. The smallest absolute Gasteiger partial charge is 0.228 e. The Bertz CT molecular complexity index is 607. The van der Waals surface area contributed by atoms with Crippen molar-refractivity contribution < 1.29 is 14.3 Å². The van der Waals surface area contributed by atoms with E-state index in [1.54, 1.807) is 4.90 Å². The van der Waals surface area contributed by atoms with Crippen LogP contribution in [-0.4, -0.2) is 49.1 Å². The first-order valence-electron chi connectivity index (χ1n) is 8.04. The SMILES string of the molecule is CCC1CN(C(=O)C2CC(=O)N(c3cccc(Br)c3)C2)CCO1. The molecular formula is C17H21BrN2O3. The fourth-order valence-corrected chi connectivity index (χ4v) is 3.58. The van der Waals surface area contributed by atoms with Crippen LogP contribution in [0.4, 0.5) is 5.69 Å². The molecule has 0 saturated carbocycles. The summed E-state index contributed by atoms with van der Waals surface area (Å²) < 4.78 is 6.55. The fraction of sp³-hybridized carbons (Fsp3) is 0.529. The van der Waals surface area contributed by atoms with Crippen LogP contribution in [0.15, 0.2) is 28.7 Å². The molecule has 2 saturated heterocycles. The van der Waals surface area contributed by atoms with Crippen molar-refractivity contribution in [3.63, 3.8) is 0 Å². The minimum atomic E-state index is -0.253. The largest absolute Gasteiger partial charge is 0.375 e. The summed E-state index contributed by atoms with van der Waals surface area (Å²) in [7, 11) is 0. The van der Waals surface area contributed by atoms with E-state index in [9.17, 15) is 9.59 Å². The first-order valence-corrected chi connectivity index (χ1v) is 8.84. The van der Waals surface area contributed by atoms with E-state index in [0.29, 0.717) is 32.7 Å². The number of amides is 2. The van der Waals surface area contributed by atoms with E-state index in [4.69, 9.17) is 4.74 Å². The second-order valence-electron chi connectivity index (χ2n) is 6.07. The number of carbonyl (C=O) groups excluding carboxylic acids is 2. The van der Waals surface area contributed by atoms with Crippen LogP contribution in [0.5, 0.6) is 0 Å². The standard InChI is InChI=1S/C17H21BrN2O3/c1-2-15-11-19(6-7-23-15)17(22)12-8-16(21)20(10-12)14-5-3-4-13(18)9-14/h3-5,9,12,15H,2,6-8,10-11H2,1H3. The lowest BCUT2D eigenvalue weighted by molar-refractivity contribution is -0.143. The lowest BCUT2D eigenvalue weighted by Gasteiger charge is -2.34. The monoisotopic (exact) mass is 380 g/mol. The number of rotatable bonds is 3. The summed E-state index contributed by atoms with van der Waals surface area (Å²) in [5.74, 6) is -0.156. The number of anilines is 1. The third kappa shape index (κ3) is 3.58. The first-order chi connectivity index (χ1) is 11.1. The maximum absolute atomic E-state index is 12.7. The fourth-order valence-electron chi connectivity index (χ4n) is 3.19. The van der Waals surface area contributed by atoms with Crippen molar-refractivity contribution in [3.8, 4) is 0 Å². The van der Waals surface area contributed by atoms with Crippen molar-refractivity contribution in [3.05, 3.63) is 28.7 Å². The van der Waals surface area contributed by atoms with Crippen molar-refractivity contribution in [2.24, 2.45) is 5.92 Å². The highest BCUT2D eigenvalue weighted by Gasteiger charge is 2.38. The highest BCUT2D eigenvalue weighted by Crippen LogP contribution is 2.28. The summed E-state index contributed by atoms with van der Waals surface area (Å²) in [5.41, 5.74) is 0.841. The number of hydrogen-bond donors (Lipinski definition) is 0. The summed E-state index contributed by atoms with van der Waals surface area (Å²) in [4.78, 5) is 28.6. The molecule has 23 heavy (non-hydrogen) atoms. The van der Waals surface area contributed by atoms with E-state index in [-0.39, 0.29) is 23.8 Å². The molecule has 2 fully saturated rings. The van der Waals surface area contributed by atoms with Crippen LogP contribution in [-0.2, 0) is 14.3 Å². The van der Waals surface area contributed by atoms with E-state index < -0.39 is 0 Å². The van der Waals surface area contributed by atoms with Gasteiger partial charge < -0.3 is 14.5 Å². The Hall–Kier alpha value is -1.40. The zero-order valence-corrected chi connectivity index (χ0v) is 14.8. The molecule has 0 N–H and O–H groups in total. The zero-order chi connectivity index (χ0) is 16.4. The van der Waals surface area contributed by atoms with Gasteiger partial charge in [-0.3, -0.25) is 9.59 Å². The first kappa shape index (κ1) is 16.5. The van der Waals surface area contributed by atoms with Gasteiger partial charge in [-0.05, 0) is 24.6 Å². The van der Waals surface area contributed by atoms with Crippen molar-refractivity contribution in [2.45, 2.75) is 25.9 Å². The molecule has 2 heterocycles. The molecule has 0 aliphatic carbocycles. The van der Waals surface area contributed by atoms with E-state index in [1.807, 2.05) is 29.2 Å². The quantitative estimate of drug-likeness (QED) is 0.808. The molecule has 0 spiro atoms. The van der Waals surface area contributed by atoms with E-state index in [1.165, 1.54) is 0 Å².